The Morgan fingerprint density at radius 2 is 1.63 bits per heavy atom. The lowest BCUT2D eigenvalue weighted by Crippen LogP contribution is -2.47. The molecule has 0 spiro atoms. The van der Waals surface area contributed by atoms with Gasteiger partial charge in [0.2, 0.25) is 5.91 Å². The number of halogens is 2. The Hall–Kier alpha value is -2.77. The minimum Gasteiger partial charge on any atom is -0.479 e. The molecule has 9 heteroatoms. The molecule has 2 rings (SSSR count). The number of ether oxygens (including phenoxy) is 1. The fourth-order valence-corrected chi connectivity index (χ4v) is 2.85. The summed E-state index contributed by atoms with van der Waals surface area (Å²) in [5, 5.41) is 3.48. The first kappa shape index (κ1) is 23.5. The molecule has 0 saturated carbocycles. The average Bonchev–Trinajstić information content (AvgIpc) is 2.67. The summed E-state index contributed by atoms with van der Waals surface area (Å²) in [4.78, 5) is 36.2. The number of carbonyl (C=O) groups is 3. The van der Waals surface area contributed by atoms with Gasteiger partial charge < -0.3 is 10.1 Å². The molecule has 2 aromatic carbocycles. The van der Waals surface area contributed by atoms with E-state index < -0.39 is 17.9 Å². The maximum absolute atomic E-state index is 12.2. The summed E-state index contributed by atoms with van der Waals surface area (Å²) in [5.41, 5.74) is 5.51. The summed E-state index contributed by atoms with van der Waals surface area (Å²) in [6, 6.07) is 10.9. The topological polar surface area (TPSA) is 96.5 Å². The molecule has 3 amide bonds. The third-order valence-electron chi connectivity index (χ3n) is 3.89. The van der Waals surface area contributed by atoms with E-state index in [1.54, 1.807) is 36.4 Å². The van der Waals surface area contributed by atoms with Crippen LogP contribution in [0.3, 0.4) is 0 Å². The molecule has 0 fully saturated rings. The van der Waals surface area contributed by atoms with E-state index in [4.69, 9.17) is 27.9 Å². The fraction of sp³-hybridized carbons (Fsp3) is 0.286. The summed E-state index contributed by atoms with van der Waals surface area (Å²) in [6.45, 7) is 5.43. The third-order valence-corrected chi connectivity index (χ3v) is 4.42. The minimum atomic E-state index is -0.914. The molecular weight excluding hydrogens is 429 g/mol. The van der Waals surface area contributed by atoms with Crippen LogP contribution in [-0.4, -0.2) is 23.8 Å². The maximum Gasteiger partial charge on any atom is 0.279 e. The number of amides is 3. The molecule has 0 bridgehead atoms. The van der Waals surface area contributed by atoms with Crippen LogP contribution in [0, 0.1) is 5.92 Å². The summed E-state index contributed by atoms with van der Waals surface area (Å²) in [6.07, 6.45) is -0.502. The van der Waals surface area contributed by atoms with Crippen molar-refractivity contribution in [2.45, 2.75) is 33.3 Å². The van der Waals surface area contributed by atoms with Crippen LogP contribution in [0.1, 0.15) is 37.6 Å². The Balaban J connectivity index is 1.85. The largest absolute Gasteiger partial charge is 0.479 e. The second-order valence-corrected chi connectivity index (χ2v) is 7.85. The van der Waals surface area contributed by atoms with Gasteiger partial charge in [-0.2, -0.15) is 0 Å². The van der Waals surface area contributed by atoms with Gasteiger partial charge in [-0.15, -0.1) is 0 Å². The predicted molar refractivity (Wildman–Crippen MR) is 117 cm³/mol. The Labute approximate surface area is 185 Å². The molecule has 0 saturated heterocycles. The highest BCUT2D eigenvalue weighted by Gasteiger charge is 2.17. The molecule has 30 heavy (non-hydrogen) atoms. The molecule has 0 radical (unpaired) electrons. The monoisotopic (exact) mass is 451 g/mol. The minimum absolute atomic E-state index is 0.0933. The van der Waals surface area contributed by atoms with Gasteiger partial charge in [0.05, 0.1) is 5.02 Å². The molecule has 1 atom stereocenters. The highest BCUT2D eigenvalue weighted by molar-refractivity contribution is 6.35. The summed E-state index contributed by atoms with van der Waals surface area (Å²) >= 11 is 11.8. The van der Waals surface area contributed by atoms with E-state index in [1.165, 1.54) is 13.0 Å². The van der Waals surface area contributed by atoms with E-state index >= 15 is 0 Å². The quantitative estimate of drug-likeness (QED) is 0.549. The lowest BCUT2D eigenvalue weighted by molar-refractivity contribution is -0.128. The van der Waals surface area contributed by atoms with Crippen molar-refractivity contribution in [3.63, 3.8) is 0 Å². The highest BCUT2D eigenvalue weighted by Crippen LogP contribution is 2.28. The average molecular weight is 452 g/mol. The second kappa shape index (κ2) is 10.8. The zero-order valence-corrected chi connectivity index (χ0v) is 18.3. The van der Waals surface area contributed by atoms with E-state index in [-0.39, 0.29) is 16.8 Å². The molecule has 0 heterocycles. The Bertz CT molecular complexity index is 917. The van der Waals surface area contributed by atoms with Gasteiger partial charge in [-0.3, -0.25) is 25.2 Å². The van der Waals surface area contributed by atoms with Crippen molar-refractivity contribution in [1.29, 1.82) is 0 Å². The molecule has 3 N–H and O–H groups in total. The van der Waals surface area contributed by atoms with Gasteiger partial charge in [0.25, 0.3) is 11.8 Å². The highest BCUT2D eigenvalue weighted by atomic mass is 35.5. The van der Waals surface area contributed by atoms with Crippen molar-refractivity contribution >= 4 is 46.6 Å². The maximum atomic E-state index is 12.2. The van der Waals surface area contributed by atoms with Gasteiger partial charge in [0.15, 0.2) is 6.10 Å². The van der Waals surface area contributed by atoms with E-state index in [0.717, 1.165) is 0 Å². The van der Waals surface area contributed by atoms with Gasteiger partial charge in [-0.25, -0.2) is 0 Å². The zero-order valence-electron chi connectivity index (χ0n) is 16.8. The van der Waals surface area contributed by atoms with Crippen molar-refractivity contribution < 1.29 is 19.1 Å². The van der Waals surface area contributed by atoms with Gasteiger partial charge in [0.1, 0.15) is 5.75 Å². The van der Waals surface area contributed by atoms with E-state index in [2.05, 4.69) is 16.2 Å². The number of nitrogens with one attached hydrogen (secondary N) is 3. The number of anilines is 1. The van der Waals surface area contributed by atoms with E-state index in [1.807, 2.05) is 13.8 Å². The Morgan fingerprint density at radius 1 is 0.967 bits per heavy atom. The molecule has 2 aromatic rings. The Morgan fingerprint density at radius 3 is 2.23 bits per heavy atom. The van der Waals surface area contributed by atoms with E-state index in [0.29, 0.717) is 28.4 Å². The van der Waals surface area contributed by atoms with Crippen molar-refractivity contribution in [3.05, 3.63) is 58.1 Å². The van der Waals surface area contributed by atoms with Crippen molar-refractivity contribution in [3.8, 4) is 5.75 Å². The van der Waals surface area contributed by atoms with Crippen LogP contribution in [-0.2, 0) is 9.59 Å². The number of rotatable bonds is 7. The van der Waals surface area contributed by atoms with E-state index in [9.17, 15) is 14.4 Å². The molecule has 1 unspecified atom stereocenters. The molecule has 0 aliphatic rings. The van der Waals surface area contributed by atoms with Crippen LogP contribution in [0.5, 0.6) is 5.75 Å². The number of benzene rings is 2. The molecular formula is C21H23Cl2N3O4. The van der Waals surface area contributed by atoms with Crippen LogP contribution in [0.2, 0.25) is 10.0 Å². The lowest BCUT2D eigenvalue weighted by Gasteiger charge is -2.16. The number of carbonyl (C=O) groups excluding carboxylic acids is 3. The normalized spacial score (nSPS) is 11.5. The second-order valence-electron chi connectivity index (χ2n) is 7.00. The van der Waals surface area contributed by atoms with Gasteiger partial charge in [0, 0.05) is 22.7 Å². The lowest BCUT2D eigenvalue weighted by atomic mass is 10.1. The van der Waals surface area contributed by atoms with Crippen LogP contribution in [0.25, 0.3) is 0 Å². The Kier molecular flexibility index (Phi) is 8.50. The van der Waals surface area contributed by atoms with Crippen LogP contribution in [0.4, 0.5) is 5.69 Å². The van der Waals surface area contributed by atoms with Crippen molar-refractivity contribution in [1.82, 2.24) is 10.9 Å². The summed E-state index contributed by atoms with van der Waals surface area (Å²) < 4.78 is 5.49. The number of hydrazine groups is 1. The summed E-state index contributed by atoms with van der Waals surface area (Å²) in [5.74, 6) is -0.623. The predicted octanol–water partition coefficient (Wildman–Crippen LogP) is 4.21. The summed E-state index contributed by atoms with van der Waals surface area (Å²) in [7, 11) is 0. The van der Waals surface area contributed by atoms with Crippen LogP contribution < -0.4 is 20.9 Å². The fourth-order valence-electron chi connectivity index (χ4n) is 2.39. The van der Waals surface area contributed by atoms with Crippen LogP contribution >= 0.6 is 23.2 Å². The first-order chi connectivity index (χ1) is 14.2. The van der Waals surface area contributed by atoms with Gasteiger partial charge in [-0.05, 0) is 55.3 Å². The first-order valence-corrected chi connectivity index (χ1v) is 10.0. The number of hydrogen-bond donors (Lipinski definition) is 3. The standard InChI is InChI=1S/C21H23Cl2N3O4/c1-12(2)10-19(27)24-16-7-4-14(5-8-16)21(29)26-25-20(28)13(3)30-18-9-6-15(22)11-17(18)23/h4-9,11-13H,10H2,1-3H3,(H,24,27)(H,25,28)(H,26,29). The first-order valence-electron chi connectivity index (χ1n) is 9.27. The molecule has 7 nitrogen and oxygen atoms in total. The molecule has 0 aliphatic heterocycles. The molecule has 160 valence electrons. The van der Waals surface area contributed by atoms with Gasteiger partial charge >= 0.3 is 0 Å². The zero-order chi connectivity index (χ0) is 22.3. The SMILES string of the molecule is CC(C)CC(=O)Nc1ccc(C(=O)NNC(=O)C(C)Oc2ccc(Cl)cc2Cl)cc1. The molecule has 0 aromatic heterocycles. The number of hydrogen-bond acceptors (Lipinski definition) is 4. The third kappa shape index (κ3) is 7.24. The smallest absolute Gasteiger partial charge is 0.279 e. The van der Waals surface area contributed by atoms with Crippen LogP contribution in [0.15, 0.2) is 42.5 Å². The molecule has 0 aliphatic carbocycles. The van der Waals surface area contributed by atoms with Crippen molar-refractivity contribution in [2.75, 3.05) is 5.32 Å². The van der Waals surface area contributed by atoms with Crippen molar-refractivity contribution in [2.24, 2.45) is 5.92 Å². The van der Waals surface area contributed by atoms with Gasteiger partial charge in [-0.1, -0.05) is 37.0 Å².